The molecule has 0 saturated heterocycles. The molecule has 64 valence electrons. The zero-order chi connectivity index (χ0) is 8.55. The van der Waals surface area contributed by atoms with E-state index in [9.17, 15) is 0 Å². The average Bonchev–Trinajstić information content (AvgIpc) is 2.07. The predicted octanol–water partition coefficient (Wildman–Crippen LogP) is 1.94. The fourth-order valence-corrected chi connectivity index (χ4v) is 1.68. The average molecular weight is 164 g/mol. The number of benzene rings is 1. The predicted molar refractivity (Wildman–Crippen MR) is 46.4 cm³/mol. The molecule has 0 aromatic heterocycles. The molecule has 1 aromatic carbocycles. The van der Waals surface area contributed by atoms with E-state index < -0.39 is 0 Å². The van der Waals surface area contributed by atoms with Crippen molar-refractivity contribution in [2.45, 2.75) is 12.5 Å². The second kappa shape index (κ2) is 2.79. The molecule has 0 aliphatic heterocycles. The summed E-state index contributed by atoms with van der Waals surface area (Å²) in [6, 6.07) is 6.11. The molecule has 1 aliphatic rings. The molecule has 0 spiro atoms. The van der Waals surface area contributed by atoms with Gasteiger partial charge in [-0.1, -0.05) is 12.1 Å². The highest BCUT2D eigenvalue weighted by molar-refractivity contribution is 5.48. The van der Waals surface area contributed by atoms with Crippen LogP contribution < -0.4 is 4.74 Å². The SMILES string of the molecule is COc1cccc2c1C(OC)C2. The first-order valence-electron chi connectivity index (χ1n) is 4.05. The van der Waals surface area contributed by atoms with Crippen molar-refractivity contribution in [2.24, 2.45) is 0 Å². The normalized spacial score (nSPS) is 19.7. The van der Waals surface area contributed by atoms with Crippen molar-refractivity contribution in [1.29, 1.82) is 0 Å². The fourth-order valence-electron chi connectivity index (χ4n) is 1.68. The summed E-state index contributed by atoms with van der Waals surface area (Å²) in [5.74, 6) is 0.950. The van der Waals surface area contributed by atoms with Crippen LogP contribution in [-0.4, -0.2) is 14.2 Å². The summed E-state index contributed by atoms with van der Waals surface area (Å²) in [5, 5.41) is 0. The van der Waals surface area contributed by atoms with Crippen LogP contribution in [0.4, 0.5) is 0 Å². The topological polar surface area (TPSA) is 18.5 Å². The molecule has 1 unspecified atom stereocenters. The van der Waals surface area contributed by atoms with E-state index in [0.717, 1.165) is 12.2 Å². The molecule has 2 heteroatoms. The summed E-state index contributed by atoms with van der Waals surface area (Å²) in [6.07, 6.45) is 1.26. The maximum absolute atomic E-state index is 5.28. The monoisotopic (exact) mass is 164 g/mol. The summed E-state index contributed by atoms with van der Waals surface area (Å²) in [4.78, 5) is 0. The molecule has 1 aliphatic carbocycles. The Bertz CT molecular complexity index is 294. The zero-order valence-electron chi connectivity index (χ0n) is 7.33. The van der Waals surface area contributed by atoms with Crippen molar-refractivity contribution in [3.05, 3.63) is 29.3 Å². The molecule has 2 nitrogen and oxygen atoms in total. The van der Waals surface area contributed by atoms with E-state index in [0.29, 0.717) is 0 Å². The summed E-state index contributed by atoms with van der Waals surface area (Å²) >= 11 is 0. The first-order valence-corrected chi connectivity index (χ1v) is 4.05. The fraction of sp³-hybridized carbons (Fsp3) is 0.400. The smallest absolute Gasteiger partial charge is 0.124 e. The lowest BCUT2D eigenvalue weighted by atomic mass is 9.85. The minimum atomic E-state index is 0.246. The van der Waals surface area contributed by atoms with Crippen molar-refractivity contribution in [1.82, 2.24) is 0 Å². The lowest BCUT2D eigenvalue weighted by Crippen LogP contribution is -2.19. The Morgan fingerprint density at radius 2 is 2.17 bits per heavy atom. The van der Waals surface area contributed by atoms with Crippen LogP contribution in [0.15, 0.2) is 18.2 Å². The van der Waals surface area contributed by atoms with Gasteiger partial charge in [0.15, 0.2) is 0 Å². The Morgan fingerprint density at radius 1 is 1.33 bits per heavy atom. The number of fused-ring (bicyclic) bond motifs is 1. The van der Waals surface area contributed by atoms with Gasteiger partial charge in [-0.25, -0.2) is 0 Å². The molecule has 0 heterocycles. The Balaban J connectivity index is 2.40. The molecule has 0 amide bonds. The zero-order valence-corrected chi connectivity index (χ0v) is 7.33. The third kappa shape index (κ3) is 0.916. The molecule has 2 rings (SSSR count). The van der Waals surface area contributed by atoms with Crippen LogP contribution in [-0.2, 0) is 11.2 Å². The molecule has 0 bridgehead atoms. The van der Waals surface area contributed by atoms with E-state index in [2.05, 4.69) is 6.07 Å². The van der Waals surface area contributed by atoms with Gasteiger partial charge in [-0.05, 0) is 11.6 Å². The first kappa shape index (κ1) is 7.62. The van der Waals surface area contributed by atoms with Gasteiger partial charge in [0.05, 0.1) is 13.2 Å². The molecule has 12 heavy (non-hydrogen) atoms. The van der Waals surface area contributed by atoms with Gasteiger partial charge >= 0.3 is 0 Å². The van der Waals surface area contributed by atoms with Crippen molar-refractivity contribution in [3.8, 4) is 5.75 Å². The Kier molecular flexibility index (Phi) is 1.77. The molecular formula is C10H12O2. The Labute approximate surface area is 72.1 Å². The number of methoxy groups -OCH3 is 2. The second-order valence-electron chi connectivity index (χ2n) is 2.96. The highest BCUT2D eigenvalue weighted by Crippen LogP contribution is 2.41. The van der Waals surface area contributed by atoms with E-state index in [4.69, 9.17) is 9.47 Å². The minimum Gasteiger partial charge on any atom is -0.496 e. The van der Waals surface area contributed by atoms with Gasteiger partial charge in [0, 0.05) is 19.1 Å². The van der Waals surface area contributed by atoms with Crippen molar-refractivity contribution in [2.75, 3.05) is 14.2 Å². The lowest BCUT2D eigenvalue weighted by Gasteiger charge is -2.30. The number of hydrogen-bond acceptors (Lipinski definition) is 2. The van der Waals surface area contributed by atoms with Crippen molar-refractivity contribution in [3.63, 3.8) is 0 Å². The van der Waals surface area contributed by atoms with Gasteiger partial charge in [0.1, 0.15) is 5.75 Å². The third-order valence-corrected chi connectivity index (χ3v) is 2.39. The van der Waals surface area contributed by atoms with E-state index in [1.165, 1.54) is 11.1 Å². The lowest BCUT2D eigenvalue weighted by molar-refractivity contribution is 0.0815. The first-order chi connectivity index (χ1) is 5.86. The van der Waals surface area contributed by atoms with Gasteiger partial charge in [-0.15, -0.1) is 0 Å². The van der Waals surface area contributed by atoms with Crippen LogP contribution in [0.1, 0.15) is 17.2 Å². The van der Waals surface area contributed by atoms with E-state index in [-0.39, 0.29) is 6.10 Å². The van der Waals surface area contributed by atoms with Crippen molar-refractivity contribution < 1.29 is 9.47 Å². The maximum atomic E-state index is 5.28. The number of hydrogen-bond donors (Lipinski definition) is 0. The standard InChI is InChI=1S/C10H12O2/c1-11-8-5-3-4-7-6-9(12-2)10(7)8/h3-5,9H,6H2,1-2H3. The van der Waals surface area contributed by atoms with Crippen LogP contribution in [0.5, 0.6) is 5.75 Å². The minimum absolute atomic E-state index is 0.246. The quantitative estimate of drug-likeness (QED) is 0.665. The van der Waals surface area contributed by atoms with Gasteiger partial charge in [0.25, 0.3) is 0 Å². The molecule has 1 atom stereocenters. The third-order valence-electron chi connectivity index (χ3n) is 2.39. The summed E-state index contributed by atoms with van der Waals surface area (Å²) in [7, 11) is 3.43. The van der Waals surface area contributed by atoms with Gasteiger partial charge in [-0.2, -0.15) is 0 Å². The number of rotatable bonds is 2. The Morgan fingerprint density at radius 3 is 2.83 bits per heavy atom. The van der Waals surface area contributed by atoms with E-state index in [1.54, 1.807) is 14.2 Å². The highest BCUT2D eigenvalue weighted by atomic mass is 16.5. The van der Waals surface area contributed by atoms with Crippen LogP contribution in [0.3, 0.4) is 0 Å². The highest BCUT2D eigenvalue weighted by Gasteiger charge is 2.29. The van der Waals surface area contributed by atoms with Crippen LogP contribution in [0.2, 0.25) is 0 Å². The summed E-state index contributed by atoms with van der Waals surface area (Å²) < 4.78 is 10.5. The molecule has 0 fully saturated rings. The van der Waals surface area contributed by atoms with Gasteiger partial charge < -0.3 is 9.47 Å². The Hall–Kier alpha value is -1.02. The van der Waals surface area contributed by atoms with Crippen LogP contribution >= 0.6 is 0 Å². The molecule has 1 aromatic rings. The van der Waals surface area contributed by atoms with Crippen LogP contribution in [0, 0.1) is 0 Å². The molecule has 0 N–H and O–H groups in total. The largest absolute Gasteiger partial charge is 0.496 e. The van der Waals surface area contributed by atoms with Gasteiger partial charge in [0.2, 0.25) is 0 Å². The summed E-state index contributed by atoms with van der Waals surface area (Å²) in [6.45, 7) is 0. The number of ether oxygens (including phenoxy) is 2. The molecular weight excluding hydrogens is 152 g/mol. The molecule has 0 radical (unpaired) electrons. The second-order valence-corrected chi connectivity index (χ2v) is 2.96. The van der Waals surface area contributed by atoms with Crippen molar-refractivity contribution >= 4 is 0 Å². The summed E-state index contributed by atoms with van der Waals surface area (Å²) in [5.41, 5.74) is 2.57. The van der Waals surface area contributed by atoms with Gasteiger partial charge in [-0.3, -0.25) is 0 Å². The van der Waals surface area contributed by atoms with E-state index >= 15 is 0 Å². The van der Waals surface area contributed by atoms with E-state index in [1.807, 2.05) is 12.1 Å². The maximum Gasteiger partial charge on any atom is 0.124 e. The molecule has 0 saturated carbocycles. The van der Waals surface area contributed by atoms with Crippen LogP contribution in [0.25, 0.3) is 0 Å².